The molecule has 4 aromatic rings. The fraction of sp³-hybridized carbons (Fsp3) is 0.304. The largest absolute Gasteiger partial charge is 0.325 e. The molecular weight excluding hydrogens is 407 g/mol. The third kappa shape index (κ3) is 3.10. The van der Waals surface area contributed by atoms with E-state index in [2.05, 4.69) is 43.1 Å². The van der Waals surface area contributed by atoms with Gasteiger partial charge >= 0.3 is 0 Å². The van der Waals surface area contributed by atoms with Gasteiger partial charge < -0.3 is 4.90 Å². The molecule has 1 aliphatic rings. The van der Waals surface area contributed by atoms with Crippen LogP contribution in [0.15, 0.2) is 24.7 Å². The van der Waals surface area contributed by atoms with E-state index in [1.54, 1.807) is 37.6 Å². The van der Waals surface area contributed by atoms with Gasteiger partial charge in [-0.15, -0.1) is 10.2 Å². The van der Waals surface area contributed by atoms with Crippen molar-refractivity contribution in [3.63, 3.8) is 0 Å². The summed E-state index contributed by atoms with van der Waals surface area (Å²) in [5.41, 5.74) is 2.24. The van der Waals surface area contributed by atoms with Gasteiger partial charge in [-0.1, -0.05) is 5.92 Å². The Kier molecular flexibility index (Phi) is 4.49. The van der Waals surface area contributed by atoms with Crippen molar-refractivity contribution in [2.45, 2.75) is 33.6 Å². The van der Waals surface area contributed by atoms with Crippen molar-refractivity contribution in [1.82, 2.24) is 29.5 Å². The van der Waals surface area contributed by atoms with Gasteiger partial charge in [-0.05, 0) is 45.6 Å². The van der Waals surface area contributed by atoms with Crippen LogP contribution in [0.2, 0.25) is 0 Å². The van der Waals surface area contributed by atoms with E-state index >= 15 is 4.39 Å². The maximum absolute atomic E-state index is 15.1. The molecule has 0 saturated carbocycles. The SMILES string of the molecule is Cc1nnc2nc(N3CCCc4c3ccnc4C#CC(C)(C)C#N)c3c(F)cncc3n12. The highest BCUT2D eigenvalue weighted by Gasteiger charge is 2.26. The van der Waals surface area contributed by atoms with Gasteiger partial charge in [-0.25, -0.2) is 9.37 Å². The molecular formula is C23H19FN8. The Hall–Kier alpha value is -4.11. The Labute approximate surface area is 183 Å². The van der Waals surface area contributed by atoms with E-state index in [1.165, 1.54) is 6.20 Å². The molecule has 0 fully saturated rings. The number of fused-ring (bicyclic) bond motifs is 4. The molecule has 0 bridgehead atoms. The van der Waals surface area contributed by atoms with Gasteiger partial charge in [0.05, 0.1) is 29.4 Å². The van der Waals surface area contributed by atoms with E-state index in [0.29, 0.717) is 40.6 Å². The maximum atomic E-state index is 15.1. The summed E-state index contributed by atoms with van der Waals surface area (Å²) in [6.45, 7) is 5.98. The second kappa shape index (κ2) is 7.24. The van der Waals surface area contributed by atoms with Crippen LogP contribution in [0.25, 0.3) is 16.7 Å². The average Bonchev–Trinajstić information content (AvgIpc) is 3.18. The number of nitriles is 1. The third-order valence-corrected chi connectivity index (χ3v) is 5.52. The molecule has 0 spiro atoms. The molecule has 0 radical (unpaired) electrons. The zero-order chi connectivity index (χ0) is 22.5. The zero-order valence-electron chi connectivity index (χ0n) is 17.9. The number of nitrogens with zero attached hydrogens (tertiary/aromatic N) is 8. The summed E-state index contributed by atoms with van der Waals surface area (Å²) in [7, 11) is 0. The van der Waals surface area contributed by atoms with E-state index in [1.807, 2.05) is 11.0 Å². The normalized spacial score (nSPS) is 13.5. The first kappa shape index (κ1) is 19.8. The Morgan fingerprint density at radius 1 is 1.22 bits per heavy atom. The molecule has 0 atom stereocenters. The molecule has 0 aromatic carbocycles. The van der Waals surface area contributed by atoms with Crippen LogP contribution in [0, 0.1) is 41.3 Å². The maximum Gasteiger partial charge on any atom is 0.257 e. The van der Waals surface area contributed by atoms with Gasteiger partial charge in [-0.2, -0.15) is 10.2 Å². The fourth-order valence-corrected chi connectivity index (χ4v) is 3.95. The van der Waals surface area contributed by atoms with Crippen LogP contribution >= 0.6 is 0 Å². The summed E-state index contributed by atoms with van der Waals surface area (Å²) in [6.07, 6.45) is 6.08. The number of halogens is 1. The van der Waals surface area contributed by atoms with Crippen molar-refractivity contribution in [2.24, 2.45) is 5.41 Å². The zero-order valence-corrected chi connectivity index (χ0v) is 17.9. The van der Waals surface area contributed by atoms with Crippen molar-refractivity contribution in [2.75, 3.05) is 11.4 Å². The Balaban J connectivity index is 1.74. The molecule has 0 aliphatic carbocycles. The summed E-state index contributed by atoms with van der Waals surface area (Å²) in [4.78, 5) is 15.1. The van der Waals surface area contributed by atoms with E-state index < -0.39 is 11.2 Å². The van der Waals surface area contributed by atoms with E-state index in [4.69, 9.17) is 0 Å². The van der Waals surface area contributed by atoms with Gasteiger partial charge in [0.15, 0.2) is 5.82 Å². The lowest BCUT2D eigenvalue weighted by Crippen LogP contribution is -2.27. The molecule has 0 unspecified atom stereocenters. The summed E-state index contributed by atoms with van der Waals surface area (Å²) < 4.78 is 16.8. The number of aromatic nitrogens is 6. The third-order valence-electron chi connectivity index (χ3n) is 5.52. The van der Waals surface area contributed by atoms with E-state index in [9.17, 15) is 5.26 Å². The monoisotopic (exact) mass is 426 g/mol. The van der Waals surface area contributed by atoms with Crippen LogP contribution in [-0.4, -0.2) is 36.1 Å². The molecule has 32 heavy (non-hydrogen) atoms. The van der Waals surface area contributed by atoms with Crippen LogP contribution < -0.4 is 4.90 Å². The molecule has 5 rings (SSSR count). The molecule has 158 valence electrons. The van der Waals surface area contributed by atoms with Gasteiger partial charge in [0.25, 0.3) is 5.78 Å². The minimum Gasteiger partial charge on any atom is -0.325 e. The standard InChI is InChI=1S/C23H19FN8/c1-14-29-30-22-28-21(20-16(24)11-26-12-19(20)32(14)22)31-10-4-5-15-17(27-9-7-18(15)31)6-8-23(2,3)13-25/h7,9,11-12H,4-5,10H2,1-3H3. The van der Waals surface area contributed by atoms with Crippen molar-refractivity contribution >= 4 is 28.2 Å². The number of pyridine rings is 2. The Morgan fingerprint density at radius 3 is 2.88 bits per heavy atom. The molecule has 5 heterocycles. The van der Waals surface area contributed by atoms with E-state index in [0.717, 1.165) is 24.1 Å². The fourth-order valence-electron chi connectivity index (χ4n) is 3.95. The van der Waals surface area contributed by atoms with Crippen molar-refractivity contribution in [3.05, 3.63) is 47.6 Å². The first-order valence-electron chi connectivity index (χ1n) is 10.2. The lowest BCUT2D eigenvalue weighted by atomic mass is 9.95. The van der Waals surface area contributed by atoms with Gasteiger partial charge in [0.2, 0.25) is 0 Å². The van der Waals surface area contributed by atoms with Crippen LogP contribution in [0.3, 0.4) is 0 Å². The molecule has 4 aromatic heterocycles. The van der Waals surface area contributed by atoms with Gasteiger partial charge in [0, 0.05) is 24.0 Å². The minimum absolute atomic E-state index is 0.360. The molecule has 0 amide bonds. The molecule has 1 aliphatic heterocycles. The highest BCUT2D eigenvalue weighted by molar-refractivity contribution is 5.94. The van der Waals surface area contributed by atoms with Crippen molar-refractivity contribution < 1.29 is 4.39 Å². The number of rotatable bonds is 1. The predicted octanol–water partition coefficient (Wildman–Crippen LogP) is 3.50. The van der Waals surface area contributed by atoms with Gasteiger partial charge in [0.1, 0.15) is 22.8 Å². The van der Waals surface area contributed by atoms with Crippen molar-refractivity contribution in [3.8, 4) is 17.9 Å². The molecule has 0 saturated heterocycles. The number of anilines is 2. The van der Waals surface area contributed by atoms with Crippen LogP contribution in [0.5, 0.6) is 0 Å². The van der Waals surface area contributed by atoms with Gasteiger partial charge in [-0.3, -0.25) is 9.38 Å². The quantitative estimate of drug-likeness (QED) is 0.430. The van der Waals surface area contributed by atoms with Crippen molar-refractivity contribution in [1.29, 1.82) is 5.26 Å². The van der Waals surface area contributed by atoms with Crippen LogP contribution in [0.1, 0.15) is 37.4 Å². The number of hydrogen-bond donors (Lipinski definition) is 0. The highest BCUT2D eigenvalue weighted by Crippen LogP contribution is 2.38. The second-order valence-corrected chi connectivity index (χ2v) is 8.23. The minimum atomic E-state index is -0.775. The second-order valence-electron chi connectivity index (χ2n) is 8.23. The first-order valence-corrected chi connectivity index (χ1v) is 10.2. The lowest BCUT2D eigenvalue weighted by Gasteiger charge is -2.31. The summed E-state index contributed by atoms with van der Waals surface area (Å²) in [5.74, 6) is 7.07. The summed E-state index contributed by atoms with van der Waals surface area (Å²) in [6, 6.07) is 4.08. The first-order chi connectivity index (χ1) is 15.4. The molecule has 8 nitrogen and oxygen atoms in total. The lowest BCUT2D eigenvalue weighted by molar-refractivity contribution is 0.632. The number of aryl methyl sites for hydroxylation is 1. The predicted molar refractivity (Wildman–Crippen MR) is 117 cm³/mol. The van der Waals surface area contributed by atoms with Crippen LogP contribution in [0.4, 0.5) is 15.9 Å². The number of hydrogen-bond acceptors (Lipinski definition) is 7. The van der Waals surface area contributed by atoms with E-state index in [-0.39, 0.29) is 0 Å². The molecule has 9 heteroatoms. The highest BCUT2D eigenvalue weighted by atomic mass is 19.1. The van der Waals surface area contributed by atoms with Crippen LogP contribution in [-0.2, 0) is 6.42 Å². The summed E-state index contributed by atoms with van der Waals surface area (Å²) >= 11 is 0. The smallest absolute Gasteiger partial charge is 0.257 e. The summed E-state index contributed by atoms with van der Waals surface area (Å²) in [5, 5.41) is 17.9. The Bertz CT molecular complexity index is 1490. The Morgan fingerprint density at radius 2 is 2.06 bits per heavy atom. The topological polar surface area (TPSA) is 95.9 Å². The molecule has 0 N–H and O–H groups in total. The average molecular weight is 426 g/mol.